The van der Waals surface area contributed by atoms with Crippen LogP contribution in [0.3, 0.4) is 0 Å². The zero-order valence-electron chi connectivity index (χ0n) is 20.5. The molecule has 1 N–H and O–H groups in total. The van der Waals surface area contributed by atoms with Crippen LogP contribution < -0.4 is 4.90 Å². The van der Waals surface area contributed by atoms with Gasteiger partial charge in [-0.3, -0.25) is 4.90 Å². The smallest absolute Gasteiger partial charge is 0.151 e. The van der Waals surface area contributed by atoms with Crippen molar-refractivity contribution >= 4 is 5.82 Å². The van der Waals surface area contributed by atoms with Crippen LogP contribution in [0.1, 0.15) is 40.0 Å². The minimum Gasteiger partial charge on any atom is -0.507 e. The number of benzene rings is 1. The third-order valence-electron chi connectivity index (χ3n) is 8.28. The first kappa shape index (κ1) is 22.8. The molecule has 1 aromatic carbocycles. The number of aromatic hydroxyl groups is 1. The van der Waals surface area contributed by atoms with Crippen LogP contribution in [0.25, 0.3) is 16.9 Å². The Morgan fingerprint density at radius 3 is 2.56 bits per heavy atom. The van der Waals surface area contributed by atoms with E-state index in [2.05, 4.69) is 47.9 Å². The number of fused-ring (bicyclic) bond motifs is 2. The number of halogens is 1. The lowest BCUT2D eigenvalue weighted by Gasteiger charge is -2.63. The molecular weight excluding hydrogens is 431 g/mol. The number of hydrogen-bond acceptors (Lipinski definition) is 6. The largest absolute Gasteiger partial charge is 0.507 e. The van der Waals surface area contributed by atoms with Gasteiger partial charge >= 0.3 is 0 Å². The van der Waals surface area contributed by atoms with Crippen molar-refractivity contribution in [1.82, 2.24) is 24.6 Å². The second kappa shape index (κ2) is 8.05. The summed E-state index contributed by atoms with van der Waals surface area (Å²) in [6.45, 7) is 6.57. The molecular formula is C26H33FN6O. The first-order chi connectivity index (χ1) is 16.1. The molecule has 7 nitrogen and oxygen atoms in total. The summed E-state index contributed by atoms with van der Waals surface area (Å²) in [5.74, 6) is 1.25. The summed E-state index contributed by atoms with van der Waals surface area (Å²) in [6.07, 6.45) is 6.83. The van der Waals surface area contributed by atoms with Crippen LogP contribution in [0, 0.1) is 5.92 Å². The van der Waals surface area contributed by atoms with Gasteiger partial charge in [-0.1, -0.05) is 6.92 Å². The molecule has 0 radical (unpaired) electrons. The first-order valence-corrected chi connectivity index (χ1v) is 11.9. The van der Waals surface area contributed by atoms with E-state index in [1.807, 2.05) is 47.0 Å². The van der Waals surface area contributed by atoms with Crippen LogP contribution in [0.4, 0.5) is 10.2 Å². The van der Waals surface area contributed by atoms with E-state index < -0.39 is 11.7 Å². The lowest BCUT2D eigenvalue weighted by atomic mass is 9.63. The standard InChI is InChI=1S/C26H33FN6O/c1-17-13-25(2)15-21(24(27)26(3,14-17)32(25)5)31(4)23-9-8-20(29-30-23)19-7-6-18(12-22(19)34)33-11-10-28-16-33/h6-12,16-17,21,24,34H,13-15H2,1-5H3/t17-,21+,24-,25+,26-/m1/s1. The van der Waals surface area contributed by atoms with Crippen molar-refractivity contribution in [2.24, 2.45) is 5.92 Å². The van der Waals surface area contributed by atoms with E-state index in [0.29, 0.717) is 23.0 Å². The van der Waals surface area contributed by atoms with E-state index in [0.717, 1.165) is 24.9 Å². The van der Waals surface area contributed by atoms with Gasteiger partial charge in [-0.15, -0.1) is 10.2 Å². The van der Waals surface area contributed by atoms with Crippen molar-refractivity contribution in [2.45, 2.75) is 63.3 Å². The quantitative estimate of drug-likeness (QED) is 0.615. The highest BCUT2D eigenvalue weighted by atomic mass is 19.1. The number of phenols is 1. The van der Waals surface area contributed by atoms with Crippen LogP contribution in [0.5, 0.6) is 5.75 Å². The van der Waals surface area contributed by atoms with E-state index >= 15 is 4.39 Å². The van der Waals surface area contributed by atoms with Crippen LogP contribution in [-0.2, 0) is 0 Å². The number of aromatic nitrogens is 4. The Kier molecular flexibility index (Phi) is 5.39. The summed E-state index contributed by atoms with van der Waals surface area (Å²) in [5.41, 5.74) is 1.42. The van der Waals surface area contributed by atoms with Gasteiger partial charge in [0.15, 0.2) is 5.82 Å². The first-order valence-electron chi connectivity index (χ1n) is 11.9. The number of hydrogen-bond donors (Lipinski definition) is 1. The highest BCUT2D eigenvalue weighted by Crippen LogP contribution is 2.51. The molecule has 8 heteroatoms. The second-order valence-corrected chi connectivity index (χ2v) is 10.7. The predicted octanol–water partition coefficient (Wildman–Crippen LogP) is 4.46. The van der Waals surface area contributed by atoms with Gasteiger partial charge in [0.25, 0.3) is 0 Å². The van der Waals surface area contributed by atoms with Gasteiger partial charge in [-0.2, -0.15) is 0 Å². The van der Waals surface area contributed by atoms with Crippen LogP contribution in [0.15, 0.2) is 49.1 Å². The van der Waals surface area contributed by atoms with Crippen molar-refractivity contribution in [3.63, 3.8) is 0 Å². The molecule has 2 saturated heterocycles. The number of phenolic OH excluding ortho intramolecular Hbond substituents is 1. The van der Waals surface area contributed by atoms with E-state index in [9.17, 15) is 5.11 Å². The third-order valence-corrected chi connectivity index (χ3v) is 8.28. The van der Waals surface area contributed by atoms with Crippen LogP contribution in [0.2, 0.25) is 0 Å². The van der Waals surface area contributed by atoms with Crippen LogP contribution >= 0.6 is 0 Å². The average molecular weight is 465 g/mol. The summed E-state index contributed by atoms with van der Waals surface area (Å²) in [6, 6.07) is 8.80. The van der Waals surface area contributed by atoms with E-state index in [-0.39, 0.29) is 17.3 Å². The molecule has 0 spiro atoms. The van der Waals surface area contributed by atoms with Gasteiger partial charge in [0.05, 0.1) is 29.3 Å². The maximum absolute atomic E-state index is 16.0. The lowest BCUT2D eigenvalue weighted by molar-refractivity contribution is -0.132. The van der Waals surface area contributed by atoms with E-state index in [1.165, 1.54) is 0 Å². The number of rotatable bonds is 4. The number of anilines is 1. The number of nitrogens with zero attached hydrogens (tertiary/aromatic N) is 6. The number of alkyl halides is 1. The van der Waals surface area contributed by atoms with Gasteiger partial charge in [-0.05, 0) is 70.3 Å². The summed E-state index contributed by atoms with van der Waals surface area (Å²) in [5, 5.41) is 19.4. The van der Waals surface area contributed by atoms with Crippen molar-refractivity contribution < 1.29 is 9.50 Å². The molecule has 0 unspecified atom stereocenters. The highest BCUT2D eigenvalue weighted by Gasteiger charge is 2.59. The summed E-state index contributed by atoms with van der Waals surface area (Å²) < 4.78 is 17.8. The zero-order chi connectivity index (χ0) is 24.3. The van der Waals surface area contributed by atoms with Crippen molar-refractivity contribution in [1.29, 1.82) is 0 Å². The van der Waals surface area contributed by atoms with Crippen LogP contribution in [-0.4, -0.2) is 67.1 Å². The molecule has 180 valence electrons. The zero-order valence-corrected chi connectivity index (χ0v) is 20.5. The topological polar surface area (TPSA) is 70.3 Å². The minimum atomic E-state index is -1.00. The molecule has 3 aromatic rings. The summed E-state index contributed by atoms with van der Waals surface area (Å²) in [7, 11) is 3.99. The van der Waals surface area contributed by atoms with E-state index in [1.54, 1.807) is 18.6 Å². The molecule has 2 aliphatic heterocycles. The van der Waals surface area contributed by atoms with Crippen molar-refractivity contribution in [2.75, 3.05) is 19.0 Å². The lowest BCUT2D eigenvalue weighted by Crippen LogP contribution is -2.73. The Balaban J connectivity index is 1.39. The molecule has 5 atom stereocenters. The van der Waals surface area contributed by atoms with Gasteiger partial charge < -0.3 is 14.6 Å². The Morgan fingerprint density at radius 2 is 1.91 bits per heavy atom. The van der Waals surface area contributed by atoms with Crippen molar-refractivity contribution in [3.8, 4) is 22.7 Å². The normalized spacial score (nSPS) is 31.4. The fourth-order valence-corrected chi connectivity index (χ4v) is 6.37. The fraction of sp³-hybridized carbons (Fsp3) is 0.500. The molecule has 0 amide bonds. The SMILES string of the molecule is C[C@@H]1C[C@@]2(C)C[C@H](N(C)c3ccc(-c4ccc(-n5ccnc5)cc4O)nn3)[C@@H](F)[C@@](C)(C1)N2C. The summed E-state index contributed by atoms with van der Waals surface area (Å²) >= 11 is 0. The maximum atomic E-state index is 16.0. The maximum Gasteiger partial charge on any atom is 0.151 e. The highest BCUT2D eigenvalue weighted by molar-refractivity contribution is 5.69. The van der Waals surface area contributed by atoms with Gasteiger partial charge in [0.1, 0.15) is 11.9 Å². The fourth-order valence-electron chi connectivity index (χ4n) is 6.37. The molecule has 2 fully saturated rings. The average Bonchev–Trinajstić information content (AvgIpc) is 3.34. The number of imidazole rings is 1. The van der Waals surface area contributed by atoms with Crippen molar-refractivity contribution in [3.05, 3.63) is 49.1 Å². The Morgan fingerprint density at radius 1 is 1.12 bits per heavy atom. The van der Waals surface area contributed by atoms with Gasteiger partial charge in [0.2, 0.25) is 0 Å². The van der Waals surface area contributed by atoms with Gasteiger partial charge in [0, 0.05) is 36.6 Å². The minimum absolute atomic E-state index is 0.0515. The van der Waals surface area contributed by atoms with E-state index in [4.69, 9.17) is 0 Å². The molecule has 0 saturated carbocycles. The molecule has 0 aliphatic carbocycles. The predicted molar refractivity (Wildman–Crippen MR) is 131 cm³/mol. The second-order valence-electron chi connectivity index (χ2n) is 10.7. The Labute approximate surface area is 200 Å². The molecule has 2 aromatic heterocycles. The Bertz CT molecular complexity index is 1170. The number of piperidine rings is 2. The molecule has 34 heavy (non-hydrogen) atoms. The monoisotopic (exact) mass is 464 g/mol. The molecule has 2 aliphatic rings. The Hall–Kier alpha value is -3.00. The third kappa shape index (κ3) is 3.55. The summed E-state index contributed by atoms with van der Waals surface area (Å²) in [4.78, 5) is 8.26. The molecule has 5 rings (SSSR count). The van der Waals surface area contributed by atoms with Gasteiger partial charge in [-0.25, -0.2) is 9.37 Å². The molecule has 4 heterocycles. The molecule has 2 bridgehead atoms.